The van der Waals surface area contributed by atoms with Crippen molar-refractivity contribution in [3.8, 4) is 0 Å². The number of hydrogen-bond donors (Lipinski definition) is 0. The molecule has 2 aromatic rings. The lowest BCUT2D eigenvalue weighted by Gasteiger charge is -2.45. The van der Waals surface area contributed by atoms with Crippen molar-refractivity contribution in [2.24, 2.45) is 0 Å². The van der Waals surface area contributed by atoms with Crippen molar-refractivity contribution in [1.82, 2.24) is 4.90 Å². The Balaban J connectivity index is 2.06. The van der Waals surface area contributed by atoms with E-state index in [-0.39, 0.29) is 30.7 Å². The first-order valence-corrected chi connectivity index (χ1v) is 9.76. The van der Waals surface area contributed by atoms with Crippen LogP contribution in [0.1, 0.15) is 56.4 Å². The van der Waals surface area contributed by atoms with Crippen LogP contribution in [0.25, 0.3) is 0 Å². The average molecular weight is 372 g/mol. The molecule has 0 aromatic heterocycles. The third-order valence-corrected chi connectivity index (χ3v) is 5.34. The summed E-state index contributed by atoms with van der Waals surface area (Å²) in [5.41, 5.74) is 2.15. The van der Waals surface area contributed by atoms with Crippen molar-refractivity contribution in [2.45, 2.75) is 51.3 Å². The number of rotatable bonds is 6. The molecule has 1 saturated heterocycles. The predicted octanol–water partition coefficient (Wildman–Crippen LogP) is 5.56. The highest BCUT2D eigenvalue weighted by atomic mass is 35.5. The summed E-state index contributed by atoms with van der Waals surface area (Å²) in [6.45, 7) is 4.45. The van der Waals surface area contributed by atoms with Crippen molar-refractivity contribution in [1.29, 1.82) is 0 Å². The average Bonchev–Trinajstić information content (AvgIpc) is 2.67. The highest BCUT2D eigenvalue weighted by Gasteiger charge is 2.41. The second kappa shape index (κ2) is 8.70. The van der Waals surface area contributed by atoms with Gasteiger partial charge in [-0.15, -0.1) is 0 Å². The summed E-state index contributed by atoms with van der Waals surface area (Å²) in [5.74, 6) is 0.0671. The van der Waals surface area contributed by atoms with Gasteiger partial charge in [-0.05, 0) is 36.1 Å². The fourth-order valence-electron chi connectivity index (χ4n) is 3.85. The first kappa shape index (κ1) is 18.9. The van der Waals surface area contributed by atoms with Crippen LogP contribution in [-0.4, -0.2) is 23.5 Å². The van der Waals surface area contributed by atoms with Crippen LogP contribution in [0.5, 0.6) is 0 Å². The molecule has 0 radical (unpaired) electrons. The number of halogens is 1. The van der Waals surface area contributed by atoms with E-state index in [9.17, 15) is 4.79 Å². The van der Waals surface area contributed by atoms with Crippen LogP contribution in [-0.2, 0) is 9.53 Å². The normalized spacial score (nSPS) is 21.7. The van der Waals surface area contributed by atoms with Gasteiger partial charge in [0.1, 0.15) is 12.7 Å². The zero-order chi connectivity index (χ0) is 18.5. The lowest BCUT2D eigenvalue weighted by Crippen LogP contribution is -2.50. The summed E-state index contributed by atoms with van der Waals surface area (Å²) in [7, 11) is 0. The third kappa shape index (κ3) is 3.94. The first-order chi connectivity index (χ1) is 12.7. The standard InChI is InChI=1S/C22H26ClNO2/c1-3-8-19(4-2)24-20(25)15-26-22(17-9-6-5-7-10-17)21(24)16-11-13-18(23)14-12-16/h5-7,9-14,19,21-22H,3-4,8,15H2,1-2H3/t19-,21+,22-/m0/s1. The van der Waals surface area contributed by atoms with Gasteiger partial charge in [-0.25, -0.2) is 0 Å². The summed E-state index contributed by atoms with van der Waals surface area (Å²) in [4.78, 5) is 14.9. The van der Waals surface area contributed by atoms with E-state index in [1.807, 2.05) is 42.5 Å². The molecule has 0 spiro atoms. The monoisotopic (exact) mass is 371 g/mol. The van der Waals surface area contributed by atoms with Gasteiger partial charge in [-0.3, -0.25) is 4.79 Å². The smallest absolute Gasteiger partial charge is 0.249 e. The summed E-state index contributed by atoms with van der Waals surface area (Å²) in [6, 6.07) is 18.0. The maximum absolute atomic E-state index is 12.9. The van der Waals surface area contributed by atoms with E-state index in [4.69, 9.17) is 16.3 Å². The Labute approximate surface area is 160 Å². The van der Waals surface area contributed by atoms with Gasteiger partial charge in [0.05, 0.1) is 6.04 Å². The molecule has 4 heteroatoms. The molecule has 0 bridgehead atoms. The molecule has 3 rings (SSSR count). The maximum Gasteiger partial charge on any atom is 0.249 e. The molecule has 2 aromatic carbocycles. The Morgan fingerprint density at radius 1 is 1.08 bits per heavy atom. The number of morpholine rings is 1. The summed E-state index contributed by atoms with van der Waals surface area (Å²) in [5, 5.41) is 0.695. The molecular weight excluding hydrogens is 346 g/mol. The topological polar surface area (TPSA) is 29.5 Å². The Morgan fingerprint density at radius 2 is 1.77 bits per heavy atom. The molecule has 26 heavy (non-hydrogen) atoms. The van der Waals surface area contributed by atoms with Crippen molar-refractivity contribution < 1.29 is 9.53 Å². The summed E-state index contributed by atoms with van der Waals surface area (Å²) >= 11 is 6.10. The molecule has 0 aliphatic carbocycles. The number of amides is 1. The fourth-order valence-corrected chi connectivity index (χ4v) is 3.97. The molecule has 1 fully saturated rings. The SMILES string of the molecule is CCC[C@H](CC)N1C(=O)CO[C@@H](c2ccccc2)[C@H]1c1ccc(Cl)cc1. The Bertz CT molecular complexity index is 717. The van der Waals surface area contributed by atoms with Crippen molar-refractivity contribution in [3.05, 3.63) is 70.7 Å². The zero-order valence-corrected chi connectivity index (χ0v) is 16.2. The Hall–Kier alpha value is -1.84. The number of nitrogens with zero attached hydrogens (tertiary/aromatic N) is 1. The molecule has 1 aliphatic rings. The first-order valence-electron chi connectivity index (χ1n) is 9.38. The van der Waals surface area contributed by atoms with Crippen molar-refractivity contribution in [2.75, 3.05) is 6.61 Å². The number of benzene rings is 2. The van der Waals surface area contributed by atoms with E-state index in [2.05, 4.69) is 30.9 Å². The number of ether oxygens (including phenoxy) is 1. The molecule has 1 heterocycles. The molecule has 0 saturated carbocycles. The molecule has 3 atom stereocenters. The van der Waals surface area contributed by atoms with Crippen molar-refractivity contribution in [3.63, 3.8) is 0 Å². The van der Waals surface area contributed by atoms with Crippen molar-refractivity contribution >= 4 is 17.5 Å². The van der Waals surface area contributed by atoms with Crippen LogP contribution in [0.15, 0.2) is 54.6 Å². The molecule has 138 valence electrons. The summed E-state index contributed by atoms with van der Waals surface area (Å²) < 4.78 is 6.05. The van der Waals surface area contributed by atoms with Gasteiger partial charge in [-0.1, -0.05) is 74.3 Å². The molecule has 0 unspecified atom stereocenters. The van der Waals surface area contributed by atoms with Gasteiger partial charge in [0.2, 0.25) is 5.91 Å². The van der Waals surface area contributed by atoms with E-state index < -0.39 is 0 Å². The highest BCUT2D eigenvalue weighted by molar-refractivity contribution is 6.30. The van der Waals surface area contributed by atoms with Crippen LogP contribution in [0.3, 0.4) is 0 Å². The lowest BCUT2D eigenvalue weighted by molar-refractivity contribution is -0.163. The highest BCUT2D eigenvalue weighted by Crippen LogP contribution is 2.42. The molecular formula is C22H26ClNO2. The van der Waals surface area contributed by atoms with Gasteiger partial charge in [0.15, 0.2) is 0 Å². The van der Waals surface area contributed by atoms with Crippen LogP contribution < -0.4 is 0 Å². The van der Waals surface area contributed by atoms with E-state index in [1.165, 1.54) is 0 Å². The van der Waals surface area contributed by atoms with Crippen LogP contribution >= 0.6 is 11.6 Å². The van der Waals surface area contributed by atoms with E-state index in [1.54, 1.807) is 0 Å². The predicted molar refractivity (Wildman–Crippen MR) is 105 cm³/mol. The molecule has 1 aliphatic heterocycles. The van der Waals surface area contributed by atoms with Gasteiger partial charge >= 0.3 is 0 Å². The van der Waals surface area contributed by atoms with E-state index in [0.29, 0.717) is 5.02 Å². The van der Waals surface area contributed by atoms with Crippen LogP contribution in [0.2, 0.25) is 5.02 Å². The largest absolute Gasteiger partial charge is 0.361 e. The number of carbonyl (C=O) groups excluding carboxylic acids is 1. The third-order valence-electron chi connectivity index (χ3n) is 5.09. The van der Waals surface area contributed by atoms with E-state index in [0.717, 1.165) is 30.4 Å². The summed E-state index contributed by atoms with van der Waals surface area (Å²) in [6.07, 6.45) is 2.80. The van der Waals surface area contributed by atoms with Gasteiger partial charge in [0.25, 0.3) is 0 Å². The molecule has 0 N–H and O–H groups in total. The second-order valence-electron chi connectivity index (χ2n) is 6.79. The molecule has 1 amide bonds. The minimum atomic E-state index is -0.180. The lowest BCUT2D eigenvalue weighted by atomic mass is 9.90. The Kier molecular flexibility index (Phi) is 6.33. The van der Waals surface area contributed by atoms with Gasteiger partial charge in [0, 0.05) is 11.1 Å². The fraction of sp³-hybridized carbons (Fsp3) is 0.409. The van der Waals surface area contributed by atoms with Crippen LogP contribution in [0, 0.1) is 0 Å². The Morgan fingerprint density at radius 3 is 2.38 bits per heavy atom. The zero-order valence-electron chi connectivity index (χ0n) is 15.4. The minimum Gasteiger partial charge on any atom is -0.361 e. The second-order valence-corrected chi connectivity index (χ2v) is 7.23. The number of hydrogen-bond acceptors (Lipinski definition) is 2. The quantitative estimate of drug-likeness (QED) is 0.665. The number of carbonyl (C=O) groups is 1. The molecule has 3 nitrogen and oxygen atoms in total. The van der Waals surface area contributed by atoms with E-state index >= 15 is 0 Å². The van der Waals surface area contributed by atoms with Gasteiger partial charge < -0.3 is 9.64 Å². The van der Waals surface area contributed by atoms with Crippen LogP contribution in [0.4, 0.5) is 0 Å². The minimum absolute atomic E-state index is 0.0671. The maximum atomic E-state index is 12.9. The van der Waals surface area contributed by atoms with Gasteiger partial charge in [-0.2, -0.15) is 0 Å².